The average Bonchev–Trinajstić information content (AvgIpc) is 2.81. The number of nitrogens with zero attached hydrogens (tertiary/aromatic N) is 2. The van der Waals surface area contributed by atoms with Gasteiger partial charge < -0.3 is 10.2 Å². The number of benzene rings is 1. The Morgan fingerprint density at radius 1 is 1.27 bits per heavy atom. The highest BCUT2D eigenvalue weighted by atomic mass is 35.5. The summed E-state index contributed by atoms with van der Waals surface area (Å²) in [5.41, 5.74) is 0.739. The summed E-state index contributed by atoms with van der Waals surface area (Å²) in [6, 6.07) is 5.26. The highest BCUT2D eigenvalue weighted by Crippen LogP contribution is 2.39. The van der Waals surface area contributed by atoms with Crippen molar-refractivity contribution in [1.29, 1.82) is 0 Å². The number of piperazine rings is 1. The number of halogens is 4. The van der Waals surface area contributed by atoms with E-state index in [-0.39, 0.29) is 12.1 Å². The molecule has 1 saturated heterocycles. The summed E-state index contributed by atoms with van der Waals surface area (Å²) in [6.45, 7) is 3.19. The average molecular weight is 334 g/mol. The largest absolute Gasteiger partial charge is 0.471 e. The molecule has 120 valence electrons. The van der Waals surface area contributed by atoms with Crippen LogP contribution in [-0.4, -0.2) is 43.8 Å². The van der Waals surface area contributed by atoms with Crippen LogP contribution in [0.1, 0.15) is 5.56 Å². The standard InChI is InChI=1S/C14H15ClF3N3O/c15-12-7-9-1-2-10(20-5-3-19-4-6-20)8-11(9)21(12)13(22)14(16,17)18/h1-2,8,12,19H,3-7H2/t12-/m1/s1. The van der Waals surface area contributed by atoms with Crippen molar-refractivity contribution in [3.05, 3.63) is 23.8 Å². The number of amides is 1. The molecule has 1 aromatic rings. The van der Waals surface area contributed by atoms with Crippen LogP contribution in [-0.2, 0) is 11.2 Å². The SMILES string of the molecule is O=C(N1c2cc(N3CCNCC3)ccc2C[C@@H]1Cl)C(F)(F)F. The summed E-state index contributed by atoms with van der Waals surface area (Å²) in [6.07, 6.45) is -4.71. The molecule has 0 unspecified atom stereocenters. The molecule has 0 saturated carbocycles. The minimum atomic E-state index is -4.93. The molecule has 2 aliphatic heterocycles. The lowest BCUT2D eigenvalue weighted by Crippen LogP contribution is -2.44. The summed E-state index contributed by atoms with van der Waals surface area (Å²) in [5.74, 6) is -1.91. The minimum Gasteiger partial charge on any atom is -0.369 e. The molecule has 1 amide bonds. The number of carbonyl (C=O) groups excluding carboxylic acids is 1. The molecule has 22 heavy (non-hydrogen) atoms. The van der Waals surface area contributed by atoms with Crippen LogP contribution >= 0.6 is 11.6 Å². The van der Waals surface area contributed by atoms with E-state index in [1.165, 1.54) is 0 Å². The van der Waals surface area contributed by atoms with Gasteiger partial charge in [-0.3, -0.25) is 9.69 Å². The van der Waals surface area contributed by atoms with E-state index < -0.39 is 17.6 Å². The highest BCUT2D eigenvalue weighted by molar-refractivity contribution is 6.25. The lowest BCUT2D eigenvalue weighted by atomic mass is 10.1. The Hall–Kier alpha value is -1.47. The second kappa shape index (κ2) is 5.62. The zero-order valence-electron chi connectivity index (χ0n) is 11.7. The number of fused-ring (bicyclic) bond motifs is 1. The Morgan fingerprint density at radius 3 is 2.59 bits per heavy atom. The van der Waals surface area contributed by atoms with Crippen LogP contribution in [0.15, 0.2) is 18.2 Å². The minimum absolute atomic E-state index is 0.223. The predicted molar refractivity (Wildman–Crippen MR) is 78.4 cm³/mol. The molecule has 8 heteroatoms. The van der Waals surface area contributed by atoms with E-state index in [2.05, 4.69) is 10.2 Å². The van der Waals surface area contributed by atoms with Crippen molar-refractivity contribution in [3.8, 4) is 0 Å². The molecule has 1 N–H and O–H groups in total. The van der Waals surface area contributed by atoms with E-state index in [0.717, 1.165) is 31.9 Å². The van der Waals surface area contributed by atoms with Gasteiger partial charge in [-0.15, -0.1) is 0 Å². The third-order valence-corrected chi connectivity index (χ3v) is 4.29. The Morgan fingerprint density at radius 2 is 1.95 bits per heavy atom. The molecule has 2 aliphatic rings. The van der Waals surface area contributed by atoms with Gasteiger partial charge >= 0.3 is 12.1 Å². The van der Waals surface area contributed by atoms with Gasteiger partial charge in [0.25, 0.3) is 0 Å². The van der Waals surface area contributed by atoms with Crippen LogP contribution in [0.4, 0.5) is 24.5 Å². The second-order valence-corrected chi connectivity index (χ2v) is 5.87. The number of carbonyl (C=O) groups is 1. The number of anilines is 2. The maximum atomic E-state index is 12.8. The molecule has 1 fully saturated rings. The van der Waals surface area contributed by atoms with Crippen molar-refractivity contribution >= 4 is 28.9 Å². The first-order chi connectivity index (χ1) is 10.4. The molecule has 1 atom stereocenters. The molecule has 0 spiro atoms. The van der Waals surface area contributed by atoms with Crippen molar-refractivity contribution < 1.29 is 18.0 Å². The fourth-order valence-corrected chi connectivity index (χ4v) is 3.23. The van der Waals surface area contributed by atoms with Crippen LogP contribution in [0.2, 0.25) is 0 Å². The summed E-state index contributed by atoms with van der Waals surface area (Å²) in [4.78, 5) is 14.4. The molecule has 0 aromatic heterocycles. The van der Waals surface area contributed by atoms with Crippen LogP contribution in [0.25, 0.3) is 0 Å². The normalized spacial score (nSPS) is 21.9. The van der Waals surface area contributed by atoms with E-state index in [1.54, 1.807) is 12.1 Å². The zero-order chi connectivity index (χ0) is 15.9. The first-order valence-electron chi connectivity index (χ1n) is 7.01. The molecule has 1 aromatic carbocycles. The Kier molecular flexibility index (Phi) is 3.94. The van der Waals surface area contributed by atoms with Crippen LogP contribution < -0.4 is 15.1 Å². The topological polar surface area (TPSA) is 35.6 Å². The van der Waals surface area contributed by atoms with Gasteiger partial charge in [0.15, 0.2) is 0 Å². The smallest absolute Gasteiger partial charge is 0.369 e. The highest BCUT2D eigenvalue weighted by Gasteiger charge is 2.47. The summed E-state index contributed by atoms with van der Waals surface area (Å²) < 4.78 is 38.3. The predicted octanol–water partition coefficient (Wildman–Crippen LogP) is 2.11. The lowest BCUT2D eigenvalue weighted by molar-refractivity contribution is -0.170. The quantitative estimate of drug-likeness (QED) is 0.631. The molecule has 0 radical (unpaired) electrons. The van der Waals surface area contributed by atoms with Gasteiger partial charge in [-0.05, 0) is 17.7 Å². The van der Waals surface area contributed by atoms with Gasteiger partial charge in [0.2, 0.25) is 0 Å². The molecule has 0 bridgehead atoms. The van der Waals surface area contributed by atoms with Gasteiger partial charge in [0.1, 0.15) is 5.50 Å². The Balaban J connectivity index is 1.93. The van der Waals surface area contributed by atoms with Gasteiger partial charge in [0, 0.05) is 38.3 Å². The summed E-state index contributed by atoms with van der Waals surface area (Å²) in [7, 11) is 0. The molecule has 2 heterocycles. The molecule has 0 aliphatic carbocycles. The van der Waals surface area contributed by atoms with E-state index in [9.17, 15) is 18.0 Å². The monoisotopic (exact) mass is 333 g/mol. The van der Waals surface area contributed by atoms with E-state index in [1.807, 2.05) is 6.07 Å². The van der Waals surface area contributed by atoms with Crippen LogP contribution in [0, 0.1) is 0 Å². The number of nitrogens with one attached hydrogen (secondary N) is 1. The lowest BCUT2D eigenvalue weighted by Gasteiger charge is -2.30. The number of rotatable bonds is 1. The van der Waals surface area contributed by atoms with Crippen molar-refractivity contribution in [1.82, 2.24) is 5.32 Å². The molecule has 4 nitrogen and oxygen atoms in total. The van der Waals surface area contributed by atoms with Gasteiger partial charge in [-0.2, -0.15) is 13.2 Å². The van der Waals surface area contributed by atoms with E-state index >= 15 is 0 Å². The Labute approximate surface area is 130 Å². The van der Waals surface area contributed by atoms with Crippen molar-refractivity contribution in [2.24, 2.45) is 0 Å². The van der Waals surface area contributed by atoms with Gasteiger partial charge in [-0.1, -0.05) is 17.7 Å². The van der Waals surface area contributed by atoms with Crippen molar-refractivity contribution in [2.75, 3.05) is 36.0 Å². The number of alkyl halides is 4. The Bertz CT molecular complexity index is 587. The molecular weight excluding hydrogens is 319 g/mol. The fraction of sp³-hybridized carbons (Fsp3) is 0.500. The maximum Gasteiger partial charge on any atom is 0.471 e. The first kappa shape index (κ1) is 15.4. The third-order valence-electron chi connectivity index (χ3n) is 3.94. The summed E-state index contributed by atoms with van der Waals surface area (Å²) in [5, 5.41) is 3.21. The number of hydrogen-bond donors (Lipinski definition) is 1. The first-order valence-corrected chi connectivity index (χ1v) is 7.44. The van der Waals surface area contributed by atoms with E-state index in [4.69, 9.17) is 11.6 Å². The number of hydrogen-bond acceptors (Lipinski definition) is 3. The van der Waals surface area contributed by atoms with Crippen molar-refractivity contribution in [3.63, 3.8) is 0 Å². The second-order valence-electron chi connectivity index (χ2n) is 5.36. The van der Waals surface area contributed by atoms with Gasteiger partial charge in [0.05, 0.1) is 5.69 Å². The van der Waals surface area contributed by atoms with Crippen LogP contribution in [0.3, 0.4) is 0 Å². The maximum absolute atomic E-state index is 12.8. The van der Waals surface area contributed by atoms with Crippen molar-refractivity contribution in [2.45, 2.75) is 18.1 Å². The molecular formula is C14H15ClF3N3O. The summed E-state index contributed by atoms with van der Waals surface area (Å²) >= 11 is 5.96. The molecule has 3 rings (SSSR count). The fourth-order valence-electron chi connectivity index (χ4n) is 2.87. The van der Waals surface area contributed by atoms with Gasteiger partial charge in [-0.25, -0.2) is 0 Å². The van der Waals surface area contributed by atoms with E-state index in [0.29, 0.717) is 10.5 Å². The third kappa shape index (κ3) is 2.75. The van der Waals surface area contributed by atoms with Crippen LogP contribution in [0.5, 0.6) is 0 Å². The zero-order valence-corrected chi connectivity index (χ0v) is 12.4.